The van der Waals surface area contributed by atoms with Crippen LogP contribution >= 0.6 is 0 Å². The van der Waals surface area contributed by atoms with E-state index in [1.807, 2.05) is 30.3 Å². The predicted molar refractivity (Wildman–Crippen MR) is 77.6 cm³/mol. The minimum absolute atomic E-state index is 0.499. The molecule has 1 aliphatic heterocycles. The van der Waals surface area contributed by atoms with E-state index in [0.717, 1.165) is 11.5 Å². The van der Waals surface area contributed by atoms with Crippen LogP contribution in [0.5, 0.6) is 11.5 Å². The van der Waals surface area contributed by atoms with Crippen LogP contribution in [-0.2, 0) is 10.9 Å². The van der Waals surface area contributed by atoms with Crippen molar-refractivity contribution in [3.05, 3.63) is 54.6 Å². The zero-order valence-electron chi connectivity index (χ0n) is 10.3. The molecule has 0 spiro atoms. The van der Waals surface area contributed by atoms with Gasteiger partial charge in [-0.3, -0.25) is 0 Å². The SMILES string of the molecule is c1ccc(Oc2ccc([S+]3CCCC3)cc2)cc1. The molecule has 3 rings (SSSR count). The molecule has 2 heteroatoms. The number of rotatable bonds is 3. The van der Waals surface area contributed by atoms with Crippen LogP contribution in [0, 0.1) is 0 Å². The zero-order valence-corrected chi connectivity index (χ0v) is 11.2. The van der Waals surface area contributed by atoms with Gasteiger partial charge in [0.25, 0.3) is 0 Å². The van der Waals surface area contributed by atoms with Gasteiger partial charge in [-0.05, 0) is 49.2 Å². The Hall–Kier alpha value is -1.41. The molecule has 0 saturated carbocycles. The highest BCUT2D eigenvalue weighted by Gasteiger charge is 2.26. The summed E-state index contributed by atoms with van der Waals surface area (Å²) in [4.78, 5) is 1.49. The van der Waals surface area contributed by atoms with Crippen LogP contribution in [0.1, 0.15) is 12.8 Å². The largest absolute Gasteiger partial charge is 0.457 e. The lowest BCUT2D eigenvalue weighted by Gasteiger charge is -2.06. The van der Waals surface area contributed by atoms with Crippen LogP contribution in [0.15, 0.2) is 59.5 Å². The van der Waals surface area contributed by atoms with Crippen molar-refractivity contribution >= 4 is 10.9 Å². The highest BCUT2D eigenvalue weighted by molar-refractivity contribution is 7.97. The predicted octanol–water partition coefficient (Wildman–Crippen LogP) is 4.25. The molecule has 1 nitrogen and oxygen atoms in total. The van der Waals surface area contributed by atoms with Crippen molar-refractivity contribution in [1.29, 1.82) is 0 Å². The van der Waals surface area contributed by atoms with Gasteiger partial charge in [0.05, 0.1) is 0 Å². The molecule has 2 aromatic rings. The van der Waals surface area contributed by atoms with Crippen LogP contribution in [-0.4, -0.2) is 11.5 Å². The van der Waals surface area contributed by atoms with Gasteiger partial charge in [-0.2, -0.15) is 0 Å². The third-order valence-corrected chi connectivity index (χ3v) is 5.67. The molecule has 0 aromatic heterocycles. The summed E-state index contributed by atoms with van der Waals surface area (Å²) in [5.74, 6) is 4.57. The first-order chi connectivity index (χ1) is 8.92. The lowest BCUT2D eigenvalue weighted by molar-refractivity contribution is 0.482. The quantitative estimate of drug-likeness (QED) is 0.747. The first-order valence-electron chi connectivity index (χ1n) is 6.42. The fraction of sp³-hybridized carbons (Fsp3) is 0.250. The van der Waals surface area contributed by atoms with Crippen LogP contribution in [0.2, 0.25) is 0 Å². The lowest BCUT2D eigenvalue weighted by atomic mass is 10.3. The Morgan fingerprint density at radius 1 is 0.722 bits per heavy atom. The molecule has 0 N–H and O–H groups in total. The molecule has 1 saturated heterocycles. The van der Waals surface area contributed by atoms with Gasteiger partial charge in [-0.25, -0.2) is 0 Å². The molecule has 1 fully saturated rings. The van der Waals surface area contributed by atoms with Crippen molar-refractivity contribution in [2.24, 2.45) is 0 Å². The van der Waals surface area contributed by atoms with Crippen molar-refractivity contribution in [3.63, 3.8) is 0 Å². The fourth-order valence-electron chi connectivity index (χ4n) is 2.22. The monoisotopic (exact) mass is 257 g/mol. The van der Waals surface area contributed by atoms with E-state index in [1.165, 1.54) is 29.2 Å². The first-order valence-corrected chi connectivity index (χ1v) is 7.98. The summed E-state index contributed by atoms with van der Waals surface area (Å²) < 4.78 is 5.80. The van der Waals surface area contributed by atoms with Gasteiger partial charge >= 0.3 is 0 Å². The third-order valence-electron chi connectivity index (χ3n) is 3.17. The maximum atomic E-state index is 5.80. The second kappa shape index (κ2) is 5.49. The van der Waals surface area contributed by atoms with E-state index in [-0.39, 0.29) is 0 Å². The molecule has 0 radical (unpaired) electrons. The number of para-hydroxylation sites is 1. The lowest BCUT2D eigenvalue weighted by Crippen LogP contribution is -2.03. The normalized spacial score (nSPS) is 15.8. The second-order valence-corrected chi connectivity index (χ2v) is 6.77. The molecule has 18 heavy (non-hydrogen) atoms. The van der Waals surface area contributed by atoms with Gasteiger partial charge in [0, 0.05) is 10.9 Å². The van der Waals surface area contributed by atoms with E-state index >= 15 is 0 Å². The molecule has 0 bridgehead atoms. The maximum absolute atomic E-state index is 5.80. The maximum Gasteiger partial charge on any atom is 0.155 e. The van der Waals surface area contributed by atoms with E-state index in [9.17, 15) is 0 Å². The Morgan fingerprint density at radius 2 is 1.33 bits per heavy atom. The Labute approximate surface area is 111 Å². The number of hydrogen-bond acceptors (Lipinski definition) is 1. The minimum Gasteiger partial charge on any atom is -0.457 e. The Bertz CT molecular complexity index is 486. The summed E-state index contributed by atoms with van der Waals surface area (Å²) >= 11 is 0. The molecule has 0 unspecified atom stereocenters. The molecule has 0 aliphatic carbocycles. The number of ether oxygens (including phenoxy) is 1. The van der Waals surface area contributed by atoms with E-state index in [0.29, 0.717) is 10.9 Å². The van der Waals surface area contributed by atoms with Crippen LogP contribution in [0.3, 0.4) is 0 Å². The molecule has 1 heterocycles. The summed E-state index contributed by atoms with van der Waals surface area (Å²) in [6.07, 6.45) is 2.79. The Kier molecular flexibility index (Phi) is 3.56. The van der Waals surface area contributed by atoms with Gasteiger partial charge in [0.2, 0.25) is 0 Å². The van der Waals surface area contributed by atoms with Gasteiger partial charge in [-0.15, -0.1) is 0 Å². The van der Waals surface area contributed by atoms with E-state index < -0.39 is 0 Å². The van der Waals surface area contributed by atoms with Crippen molar-refractivity contribution in [1.82, 2.24) is 0 Å². The average molecular weight is 257 g/mol. The first kappa shape index (κ1) is 11.7. The molecule has 2 aromatic carbocycles. The summed E-state index contributed by atoms with van der Waals surface area (Å²) in [5.41, 5.74) is 0. The highest BCUT2D eigenvalue weighted by atomic mass is 32.2. The van der Waals surface area contributed by atoms with Crippen LogP contribution in [0.4, 0.5) is 0 Å². The van der Waals surface area contributed by atoms with Crippen molar-refractivity contribution < 1.29 is 4.74 Å². The van der Waals surface area contributed by atoms with Crippen molar-refractivity contribution in [2.75, 3.05) is 11.5 Å². The summed E-state index contributed by atoms with van der Waals surface area (Å²) in [5, 5.41) is 0. The molecule has 0 amide bonds. The smallest absolute Gasteiger partial charge is 0.155 e. The molecule has 1 aliphatic rings. The zero-order chi connectivity index (χ0) is 12.2. The van der Waals surface area contributed by atoms with Crippen molar-refractivity contribution in [2.45, 2.75) is 17.7 Å². The van der Waals surface area contributed by atoms with E-state index in [1.54, 1.807) is 0 Å². The Balaban J connectivity index is 1.71. The minimum atomic E-state index is 0.499. The standard InChI is InChI=1S/C16H17OS/c1-2-6-14(7-3-1)17-15-8-10-16(11-9-15)18-12-4-5-13-18/h1-3,6-11H,4-5,12-13H2/q+1. The summed E-state index contributed by atoms with van der Waals surface area (Å²) in [6.45, 7) is 0. The van der Waals surface area contributed by atoms with Crippen LogP contribution in [0.25, 0.3) is 0 Å². The molecular weight excluding hydrogens is 240 g/mol. The average Bonchev–Trinajstić information content (AvgIpc) is 2.95. The molecule has 92 valence electrons. The van der Waals surface area contributed by atoms with E-state index in [2.05, 4.69) is 24.3 Å². The highest BCUT2D eigenvalue weighted by Crippen LogP contribution is 2.26. The van der Waals surface area contributed by atoms with Crippen molar-refractivity contribution in [3.8, 4) is 11.5 Å². The van der Waals surface area contributed by atoms with Gasteiger partial charge in [0.1, 0.15) is 23.0 Å². The van der Waals surface area contributed by atoms with Gasteiger partial charge in [0.15, 0.2) is 4.90 Å². The van der Waals surface area contributed by atoms with Gasteiger partial charge in [-0.1, -0.05) is 18.2 Å². The third kappa shape index (κ3) is 2.70. The second-order valence-electron chi connectivity index (χ2n) is 4.49. The van der Waals surface area contributed by atoms with Crippen LogP contribution < -0.4 is 4.74 Å². The summed E-state index contributed by atoms with van der Waals surface area (Å²) in [7, 11) is 0.499. The Morgan fingerprint density at radius 3 is 2.00 bits per heavy atom. The topological polar surface area (TPSA) is 9.23 Å². The number of benzene rings is 2. The number of hydrogen-bond donors (Lipinski definition) is 0. The van der Waals surface area contributed by atoms with Gasteiger partial charge < -0.3 is 4.74 Å². The van der Waals surface area contributed by atoms with E-state index in [4.69, 9.17) is 4.74 Å². The molecule has 0 atom stereocenters. The summed E-state index contributed by atoms with van der Waals surface area (Å²) in [6, 6.07) is 18.6. The fourth-order valence-corrected chi connectivity index (χ4v) is 4.52. The molecular formula is C16H17OS+.